The molecular weight excluding hydrogens is 154 g/mol. The number of aliphatic hydroxyl groups is 1. The fourth-order valence-electron chi connectivity index (χ4n) is 1.08. The number of carbonyl (C=O) groups is 1. The minimum atomic E-state index is -0.303. The predicted molar refractivity (Wildman–Crippen MR) is 48.8 cm³/mol. The molecule has 0 spiro atoms. The van der Waals surface area contributed by atoms with Crippen molar-refractivity contribution in [3.8, 4) is 0 Å². The van der Waals surface area contributed by atoms with Gasteiger partial charge < -0.3 is 10.8 Å². The lowest BCUT2D eigenvalue weighted by molar-refractivity contribution is -0.121. The summed E-state index contributed by atoms with van der Waals surface area (Å²) in [5.74, 6) is -0.0474. The van der Waals surface area contributed by atoms with Gasteiger partial charge in [0, 0.05) is 6.42 Å². The van der Waals surface area contributed by atoms with Crippen molar-refractivity contribution in [2.75, 3.05) is 13.2 Å². The van der Waals surface area contributed by atoms with Crippen molar-refractivity contribution in [3.63, 3.8) is 0 Å². The minimum absolute atomic E-state index is 0.0474. The van der Waals surface area contributed by atoms with Crippen LogP contribution in [-0.4, -0.2) is 24.0 Å². The minimum Gasteiger partial charge on any atom is -0.389 e. The van der Waals surface area contributed by atoms with Gasteiger partial charge in [-0.1, -0.05) is 19.3 Å². The fraction of sp³-hybridized carbons (Fsp3) is 0.889. The lowest BCUT2D eigenvalue weighted by Crippen LogP contribution is -2.02. The molecule has 0 saturated heterocycles. The second-order valence-corrected chi connectivity index (χ2v) is 3.00. The third-order valence-electron chi connectivity index (χ3n) is 1.84. The maximum atomic E-state index is 10.6. The maximum absolute atomic E-state index is 10.6. The van der Waals surface area contributed by atoms with Gasteiger partial charge in [-0.05, 0) is 19.4 Å². The zero-order chi connectivity index (χ0) is 9.23. The second-order valence-electron chi connectivity index (χ2n) is 3.00. The van der Waals surface area contributed by atoms with Gasteiger partial charge in [-0.15, -0.1) is 0 Å². The zero-order valence-electron chi connectivity index (χ0n) is 7.59. The van der Waals surface area contributed by atoms with Crippen LogP contribution in [0, 0.1) is 0 Å². The Hall–Kier alpha value is -0.410. The number of unbranched alkanes of at least 4 members (excludes halogenated alkanes) is 4. The van der Waals surface area contributed by atoms with E-state index in [1.807, 2.05) is 0 Å². The standard InChI is InChI=1S/C9H19NO2/c10-7-5-3-1-2-4-6-9(12)8-11/h11H,1-8,10H2. The van der Waals surface area contributed by atoms with Crippen molar-refractivity contribution >= 4 is 5.78 Å². The SMILES string of the molecule is NCCCCCCCC(=O)CO. The van der Waals surface area contributed by atoms with Crippen LogP contribution in [0.3, 0.4) is 0 Å². The van der Waals surface area contributed by atoms with Crippen LogP contribution < -0.4 is 5.73 Å². The molecule has 0 rings (SSSR count). The topological polar surface area (TPSA) is 63.3 Å². The van der Waals surface area contributed by atoms with Gasteiger partial charge in [-0.3, -0.25) is 4.79 Å². The Balaban J connectivity index is 2.95. The van der Waals surface area contributed by atoms with Crippen LogP contribution in [0.2, 0.25) is 0 Å². The zero-order valence-corrected chi connectivity index (χ0v) is 7.59. The van der Waals surface area contributed by atoms with Crippen LogP contribution in [0.15, 0.2) is 0 Å². The first-order valence-electron chi connectivity index (χ1n) is 4.64. The number of ketones is 1. The highest BCUT2D eigenvalue weighted by Crippen LogP contribution is 2.04. The highest BCUT2D eigenvalue weighted by molar-refractivity contribution is 5.79. The summed E-state index contributed by atoms with van der Waals surface area (Å²) in [5.41, 5.74) is 5.33. The Kier molecular flexibility index (Phi) is 8.39. The van der Waals surface area contributed by atoms with E-state index in [0.29, 0.717) is 6.42 Å². The molecule has 0 bridgehead atoms. The van der Waals surface area contributed by atoms with Gasteiger partial charge in [-0.25, -0.2) is 0 Å². The normalized spacial score (nSPS) is 10.2. The van der Waals surface area contributed by atoms with E-state index in [9.17, 15) is 4.79 Å². The van der Waals surface area contributed by atoms with Crippen LogP contribution in [0.4, 0.5) is 0 Å². The summed E-state index contributed by atoms with van der Waals surface area (Å²) >= 11 is 0. The smallest absolute Gasteiger partial charge is 0.158 e. The summed E-state index contributed by atoms with van der Waals surface area (Å²) in [7, 11) is 0. The van der Waals surface area contributed by atoms with Gasteiger partial charge in [0.25, 0.3) is 0 Å². The van der Waals surface area contributed by atoms with Gasteiger partial charge in [0.1, 0.15) is 6.61 Å². The highest BCUT2D eigenvalue weighted by atomic mass is 16.3. The average Bonchev–Trinajstić information content (AvgIpc) is 2.10. The molecule has 0 aliphatic rings. The number of hydrogen-bond donors (Lipinski definition) is 2. The molecule has 0 saturated carbocycles. The molecular formula is C9H19NO2. The predicted octanol–water partition coefficient (Wildman–Crippen LogP) is 0.847. The monoisotopic (exact) mass is 173 g/mol. The quantitative estimate of drug-likeness (QED) is 0.535. The van der Waals surface area contributed by atoms with Crippen molar-refractivity contribution < 1.29 is 9.90 Å². The summed E-state index contributed by atoms with van der Waals surface area (Å²) in [6, 6.07) is 0. The highest BCUT2D eigenvalue weighted by Gasteiger charge is 1.97. The number of carbonyl (C=O) groups excluding carboxylic acids is 1. The lowest BCUT2D eigenvalue weighted by Gasteiger charge is -1.98. The Morgan fingerprint density at radius 2 is 1.67 bits per heavy atom. The molecule has 0 aliphatic carbocycles. The van der Waals surface area contributed by atoms with Crippen molar-refractivity contribution in [1.29, 1.82) is 0 Å². The van der Waals surface area contributed by atoms with E-state index in [0.717, 1.165) is 38.6 Å². The molecule has 0 fully saturated rings. The fourth-order valence-corrected chi connectivity index (χ4v) is 1.08. The second kappa shape index (κ2) is 8.68. The van der Waals surface area contributed by atoms with Crippen molar-refractivity contribution in [3.05, 3.63) is 0 Å². The lowest BCUT2D eigenvalue weighted by atomic mass is 10.1. The van der Waals surface area contributed by atoms with E-state index >= 15 is 0 Å². The molecule has 0 aromatic heterocycles. The van der Waals surface area contributed by atoms with E-state index in [1.165, 1.54) is 0 Å². The number of nitrogens with two attached hydrogens (primary N) is 1. The molecule has 3 heteroatoms. The Labute approximate surface area is 74.0 Å². The van der Waals surface area contributed by atoms with Gasteiger partial charge in [0.05, 0.1) is 0 Å². The third kappa shape index (κ3) is 7.69. The Morgan fingerprint density at radius 1 is 1.08 bits per heavy atom. The van der Waals surface area contributed by atoms with Crippen LogP contribution >= 0.6 is 0 Å². The summed E-state index contributed by atoms with van der Waals surface area (Å²) in [4.78, 5) is 10.6. The summed E-state index contributed by atoms with van der Waals surface area (Å²) in [5, 5.41) is 8.41. The van der Waals surface area contributed by atoms with E-state index in [-0.39, 0.29) is 12.4 Å². The van der Waals surface area contributed by atoms with E-state index < -0.39 is 0 Å². The number of rotatable bonds is 8. The molecule has 3 nitrogen and oxygen atoms in total. The van der Waals surface area contributed by atoms with E-state index in [2.05, 4.69) is 0 Å². The van der Waals surface area contributed by atoms with Gasteiger partial charge in [-0.2, -0.15) is 0 Å². The first-order valence-corrected chi connectivity index (χ1v) is 4.64. The van der Waals surface area contributed by atoms with Crippen molar-refractivity contribution in [1.82, 2.24) is 0 Å². The van der Waals surface area contributed by atoms with Gasteiger partial charge >= 0.3 is 0 Å². The van der Waals surface area contributed by atoms with Crippen LogP contribution in [-0.2, 0) is 4.79 Å². The number of hydrogen-bond acceptors (Lipinski definition) is 3. The molecule has 0 aromatic rings. The van der Waals surface area contributed by atoms with Crippen molar-refractivity contribution in [2.24, 2.45) is 5.73 Å². The third-order valence-corrected chi connectivity index (χ3v) is 1.84. The number of aliphatic hydroxyl groups excluding tert-OH is 1. The molecule has 0 amide bonds. The molecule has 0 atom stereocenters. The van der Waals surface area contributed by atoms with Crippen LogP contribution in [0.1, 0.15) is 38.5 Å². The molecule has 0 radical (unpaired) electrons. The summed E-state index contributed by atoms with van der Waals surface area (Å²) < 4.78 is 0. The maximum Gasteiger partial charge on any atom is 0.158 e. The average molecular weight is 173 g/mol. The van der Waals surface area contributed by atoms with Gasteiger partial charge in [0.15, 0.2) is 5.78 Å². The molecule has 3 N–H and O–H groups in total. The van der Waals surface area contributed by atoms with E-state index in [4.69, 9.17) is 10.8 Å². The first kappa shape index (κ1) is 11.6. The summed E-state index contributed by atoms with van der Waals surface area (Å²) in [6.45, 7) is 0.457. The molecule has 0 aromatic carbocycles. The first-order chi connectivity index (χ1) is 5.81. The molecule has 12 heavy (non-hydrogen) atoms. The molecule has 0 heterocycles. The summed E-state index contributed by atoms with van der Waals surface area (Å²) in [6.07, 6.45) is 5.89. The van der Waals surface area contributed by atoms with Crippen LogP contribution in [0.5, 0.6) is 0 Å². The van der Waals surface area contributed by atoms with Gasteiger partial charge in [0.2, 0.25) is 0 Å². The molecule has 0 aliphatic heterocycles. The Bertz CT molecular complexity index is 115. The number of Topliss-reactive ketones (excluding diaryl/α,β-unsaturated/α-hetero) is 1. The van der Waals surface area contributed by atoms with Crippen molar-refractivity contribution in [2.45, 2.75) is 38.5 Å². The largest absolute Gasteiger partial charge is 0.389 e. The van der Waals surface area contributed by atoms with Crippen LogP contribution in [0.25, 0.3) is 0 Å². The molecule has 72 valence electrons. The molecule has 0 unspecified atom stereocenters. The Morgan fingerprint density at radius 3 is 2.25 bits per heavy atom. The van der Waals surface area contributed by atoms with E-state index in [1.54, 1.807) is 0 Å².